The van der Waals surface area contributed by atoms with Gasteiger partial charge in [-0.2, -0.15) is 0 Å². The number of hydrogen-bond acceptors (Lipinski definition) is 3. The number of nitrogens with zero attached hydrogens (tertiary/aromatic N) is 1. The van der Waals surface area contributed by atoms with Gasteiger partial charge < -0.3 is 9.73 Å². The lowest BCUT2D eigenvalue weighted by molar-refractivity contribution is 0.177. The number of halogens is 3. The Kier molecular flexibility index (Phi) is 6.03. The van der Waals surface area contributed by atoms with Crippen molar-refractivity contribution in [3.05, 3.63) is 57.7 Å². The van der Waals surface area contributed by atoms with Gasteiger partial charge in [0.2, 0.25) is 0 Å². The van der Waals surface area contributed by atoms with Crippen LogP contribution in [0.25, 0.3) is 0 Å². The maximum Gasteiger partial charge on any atom is 0.131 e. The summed E-state index contributed by atoms with van der Waals surface area (Å²) in [6, 6.07) is 7.25. The standard InChI is InChI=1S/C16H18BrFN2O.ClH/c1-11-9-12(17)10-13(15(11)18)16(14-3-2-8-21-14)20-6-4-19-5-7-20;/h2-3,8-10,16,19H,4-7H2,1H3;1H/t16-;/m0./s1. The topological polar surface area (TPSA) is 28.4 Å². The Morgan fingerprint density at radius 1 is 1.32 bits per heavy atom. The summed E-state index contributed by atoms with van der Waals surface area (Å²) in [6.45, 7) is 5.35. The van der Waals surface area contributed by atoms with Crippen LogP contribution in [0.2, 0.25) is 0 Å². The van der Waals surface area contributed by atoms with E-state index < -0.39 is 0 Å². The fourth-order valence-electron chi connectivity index (χ4n) is 2.87. The predicted molar refractivity (Wildman–Crippen MR) is 91.1 cm³/mol. The third-order valence-electron chi connectivity index (χ3n) is 3.87. The average molecular weight is 390 g/mol. The van der Waals surface area contributed by atoms with Crippen LogP contribution in [0.4, 0.5) is 4.39 Å². The van der Waals surface area contributed by atoms with Crippen molar-refractivity contribution in [2.75, 3.05) is 26.2 Å². The summed E-state index contributed by atoms with van der Waals surface area (Å²) >= 11 is 3.47. The second-order valence-electron chi connectivity index (χ2n) is 5.33. The highest BCUT2D eigenvalue weighted by molar-refractivity contribution is 9.10. The summed E-state index contributed by atoms with van der Waals surface area (Å²) in [5.74, 6) is 0.631. The van der Waals surface area contributed by atoms with Crippen molar-refractivity contribution in [1.29, 1.82) is 0 Å². The molecule has 1 aromatic carbocycles. The minimum Gasteiger partial charge on any atom is -0.467 e. The molecule has 3 rings (SSSR count). The monoisotopic (exact) mass is 388 g/mol. The van der Waals surface area contributed by atoms with Crippen LogP contribution in [0.15, 0.2) is 39.4 Å². The Hall–Kier alpha value is -0.880. The van der Waals surface area contributed by atoms with Crippen molar-refractivity contribution in [2.45, 2.75) is 13.0 Å². The van der Waals surface area contributed by atoms with Crippen LogP contribution in [0.3, 0.4) is 0 Å². The van der Waals surface area contributed by atoms with Gasteiger partial charge >= 0.3 is 0 Å². The first-order valence-corrected chi connectivity index (χ1v) is 7.90. The van der Waals surface area contributed by atoms with Crippen LogP contribution in [-0.4, -0.2) is 31.1 Å². The Balaban J connectivity index is 0.00000176. The van der Waals surface area contributed by atoms with E-state index in [0.29, 0.717) is 11.1 Å². The van der Waals surface area contributed by atoms with Crippen LogP contribution < -0.4 is 5.32 Å². The number of benzene rings is 1. The first kappa shape index (κ1) is 17.5. The van der Waals surface area contributed by atoms with E-state index in [9.17, 15) is 4.39 Å². The van der Waals surface area contributed by atoms with Crippen LogP contribution in [-0.2, 0) is 0 Å². The van der Waals surface area contributed by atoms with E-state index in [1.54, 1.807) is 19.3 Å². The molecule has 6 heteroatoms. The molecule has 0 bridgehead atoms. The van der Waals surface area contributed by atoms with E-state index in [1.807, 2.05) is 18.2 Å². The quantitative estimate of drug-likeness (QED) is 0.863. The SMILES string of the molecule is Cc1cc(Br)cc([C@@H](c2ccco2)N2CCNCC2)c1F.Cl. The number of hydrogen-bond donors (Lipinski definition) is 1. The van der Waals surface area contributed by atoms with E-state index in [2.05, 4.69) is 26.1 Å². The van der Waals surface area contributed by atoms with Gasteiger partial charge in [0.25, 0.3) is 0 Å². The summed E-state index contributed by atoms with van der Waals surface area (Å²) < 4.78 is 21.2. The Morgan fingerprint density at radius 2 is 2.05 bits per heavy atom. The Labute approximate surface area is 144 Å². The average Bonchev–Trinajstić information content (AvgIpc) is 2.99. The molecule has 0 spiro atoms. The molecular formula is C16H19BrClFN2O. The second-order valence-corrected chi connectivity index (χ2v) is 6.25. The van der Waals surface area contributed by atoms with Gasteiger partial charge in [-0.25, -0.2) is 4.39 Å². The van der Waals surface area contributed by atoms with Crippen molar-refractivity contribution in [1.82, 2.24) is 10.2 Å². The molecule has 0 amide bonds. The molecule has 3 nitrogen and oxygen atoms in total. The lowest BCUT2D eigenvalue weighted by atomic mass is 9.99. The Bertz CT molecular complexity index is 615. The summed E-state index contributed by atoms with van der Waals surface area (Å²) in [4.78, 5) is 2.26. The van der Waals surface area contributed by atoms with Gasteiger partial charge in [-0.3, -0.25) is 4.90 Å². The fourth-order valence-corrected chi connectivity index (χ4v) is 3.46. The van der Waals surface area contributed by atoms with Crippen molar-refractivity contribution >= 4 is 28.3 Å². The zero-order valence-corrected chi connectivity index (χ0v) is 14.7. The van der Waals surface area contributed by atoms with Gasteiger partial charge in [0.1, 0.15) is 11.6 Å². The first-order chi connectivity index (χ1) is 10.2. The van der Waals surface area contributed by atoms with E-state index in [-0.39, 0.29) is 24.3 Å². The molecule has 1 aromatic heterocycles. The summed E-state index contributed by atoms with van der Waals surface area (Å²) in [5, 5.41) is 3.33. The third kappa shape index (κ3) is 3.54. The molecule has 2 heterocycles. The Morgan fingerprint density at radius 3 is 2.68 bits per heavy atom. The molecule has 1 saturated heterocycles. The van der Waals surface area contributed by atoms with Crippen molar-refractivity contribution in [3.63, 3.8) is 0 Å². The number of rotatable bonds is 3. The van der Waals surface area contributed by atoms with Crippen LogP contribution in [0.5, 0.6) is 0 Å². The van der Waals surface area contributed by atoms with Crippen LogP contribution >= 0.6 is 28.3 Å². The number of piperazine rings is 1. The largest absolute Gasteiger partial charge is 0.467 e. The molecule has 1 aliphatic rings. The second kappa shape index (κ2) is 7.59. The van der Waals surface area contributed by atoms with Gasteiger partial charge in [0.05, 0.1) is 12.3 Å². The predicted octanol–water partition coefficient (Wildman–Crippen LogP) is 3.91. The molecule has 2 aromatic rings. The molecule has 0 aliphatic carbocycles. The lowest BCUT2D eigenvalue weighted by Gasteiger charge is -2.34. The number of nitrogens with one attached hydrogen (secondary N) is 1. The van der Waals surface area contributed by atoms with Crippen molar-refractivity contribution in [3.8, 4) is 0 Å². The summed E-state index contributed by atoms with van der Waals surface area (Å²) in [7, 11) is 0. The zero-order chi connectivity index (χ0) is 14.8. The number of furan rings is 1. The minimum absolute atomic E-state index is 0. The molecule has 0 radical (unpaired) electrons. The van der Waals surface area contributed by atoms with E-state index in [4.69, 9.17) is 4.42 Å². The summed E-state index contributed by atoms with van der Waals surface area (Å²) in [5.41, 5.74) is 1.31. The van der Waals surface area contributed by atoms with Crippen LogP contribution in [0.1, 0.15) is 22.9 Å². The van der Waals surface area contributed by atoms with Gasteiger partial charge in [-0.15, -0.1) is 12.4 Å². The maximum absolute atomic E-state index is 14.7. The number of aryl methyl sites for hydroxylation is 1. The zero-order valence-electron chi connectivity index (χ0n) is 12.3. The highest BCUT2D eigenvalue weighted by atomic mass is 79.9. The molecule has 120 valence electrons. The minimum atomic E-state index is -0.182. The molecule has 1 N–H and O–H groups in total. The van der Waals surface area contributed by atoms with Crippen molar-refractivity contribution in [2.24, 2.45) is 0 Å². The van der Waals surface area contributed by atoms with Gasteiger partial charge in [-0.05, 0) is 36.8 Å². The third-order valence-corrected chi connectivity index (χ3v) is 4.33. The van der Waals surface area contributed by atoms with Gasteiger partial charge in [0, 0.05) is 36.2 Å². The first-order valence-electron chi connectivity index (χ1n) is 7.10. The molecule has 22 heavy (non-hydrogen) atoms. The highest BCUT2D eigenvalue weighted by Gasteiger charge is 2.29. The molecule has 1 atom stereocenters. The van der Waals surface area contributed by atoms with Crippen molar-refractivity contribution < 1.29 is 8.81 Å². The molecular weight excluding hydrogens is 371 g/mol. The molecule has 1 fully saturated rings. The lowest BCUT2D eigenvalue weighted by Crippen LogP contribution is -2.45. The summed E-state index contributed by atoms with van der Waals surface area (Å²) in [6.07, 6.45) is 1.65. The smallest absolute Gasteiger partial charge is 0.131 e. The maximum atomic E-state index is 14.7. The molecule has 0 unspecified atom stereocenters. The normalized spacial score (nSPS) is 17.0. The van der Waals surface area contributed by atoms with Gasteiger partial charge in [0.15, 0.2) is 0 Å². The molecule has 1 aliphatic heterocycles. The van der Waals surface area contributed by atoms with E-state index >= 15 is 0 Å². The van der Waals surface area contributed by atoms with E-state index in [0.717, 1.165) is 36.4 Å². The van der Waals surface area contributed by atoms with Crippen LogP contribution in [0, 0.1) is 12.7 Å². The van der Waals surface area contributed by atoms with E-state index in [1.165, 1.54) is 0 Å². The molecule has 0 saturated carbocycles. The van der Waals surface area contributed by atoms with Gasteiger partial charge in [-0.1, -0.05) is 15.9 Å². The highest BCUT2D eigenvalue weighted by Crippen LogP contribution is 2.34. The fraction of sp³-hybridized carbons (Fsp3) is 0.375.